The molecule has 0 radical (unpaired) electrons. The molecule has 0 aliphatic carbocycles. The van der Waals surface area contributed by atoms with Gasteiger partial charge in [-0.1, -0.05) is 24.6 Å². The van der Waals surface area contributed by atoms with Crippen molar-refractivity contribution in [2.24, 2.45) is 0 Å². The summed E-state index contributed by atoms with van der Waals surface area (Å²) in [5.74, 6) is -2.30. The molecule has 0 bridgehead atoms. The molecule has 3 rings (SSSR count). The second kappa shape index (κ2) is 11.0. The fourth-order valence-electron chi connectivity index (χ4n) is 3.58. The van der Waals surface area contributed by atoms with Crippen LogP contribution in [0.25, 0.3) is 0 Å². The second-order valence-electron chi connectivity index (χ2n) is 7.82. The average molecular weight is 510 g/mol. The Bertz CT molecular complexity index is 1170. The number of nitrogens with one attached hydrogen (secondary N) is 1. The first-order valence-electron chi connectivity index (χ1n) is 10.8. The summed E-state index contributed by atoms with van der Waals surface area (Å²) in [6, 6.07) is 9.86. The molecule has 8 nitrogen and oxygen atoms in total. The van der Waals surface area contributed by atoms with Crippen molar-refractivity contribution in [1.82, 2.24) is 15.1 Å². The van der Waals surface area contributed by atoms with Crippen molar-refractivity contribution in [3.8, 4) is 0 Å². The predicted octanol–water partition coefficient (Wildman–Crippen LogP) is 2.48. The van der Waals surface area contributed by atoms with Crippen molar-refractivity contribution in [3.05, 3.63) is 64.9 Å². The number of sulfone groups is 1. The summed E-state index contributed by atoms with van der Waals surface area (Å²) in [4.78, 5) is 40.9. The highest BCUT2D eigenvalue weighted by atomic mass is 35.5. The van der Waals surface area contributed by atoms with Gasteiger partial charge in [0.15, 0.2) is 0 Å². The molecule has 2 aromatic carbocycles. The van der Waals surface area contributed by atoms with Gasteiger partial charge in [0.2, 0.25) is 21.1 Å². The fraction of sp³-hybridized carbons (Fsp3) is 0.348. The monoisotopic (exact) mass is 509 g/mol. The van der Waals surface area contributed by atoms with E-state index in [0.717, 1.165) is 24.3 Å². The van der Waals surface area contributed by atoms with Crippen molar-refractivity contribution >= 4 is 39.2 Å². The van der Waals surface area contributed by atoms with E-state index in [0.29, 0.717) is 12.8 Å². The Balaban J connectivity index is 1.87. The lowest BCUT2D eigenvalue weighted by Gasteiger charge is -2.36. The quantitative estimate of drug-likeness (QED) is 0.577. The highest BCUT2D eigenvalue weighted by Crippen LogP contribution is 2.19. The summed E-state index contributed by atoms with van der Waals surface area (Å²) >= 11 is 5.93. The lowest BCUT2D eigenvalue weighted by molar-refractivity contribution is -0.139. The molecule has 34 heavy (non-hydrogen) atoms. The normalized spacial score (nSPS) is 15.0. The van der Waals surface area contributed by atoms with Gasteiger partial charge in [-0.3, -0.25) is 14.4 Å². The maximum atomic E-state index is 13.4. The number of rotatable bonds is 7. The van der Waals surface area contributed by atoms with E-state index in [2.05, 4.69) is 5.32 Å². The number of carbonyl (C=O) groups excluding carboxylic acids is 3. The van der Waals surface area contributed by atoms with Gasteiger partial charge in [0.05, 0.1) is 4.90 Å². The lowest BCUT2D eigenvalue weighted by Crippen LogP contribution is -2.57. The van der Waals surface area contributed by atoms with E-state index in [-0.39, 0.29) is 47.6 Å². The van der Waals surface area contributed by atoms with Gasteiger partial charge in [0.25, 0.3) is 11.8 Å². The maximum Gasteiger partial charge on any atom is 0.261 e. The molecule has 2 aromatic rings. The smallest absolute Gasteiger partial charge is 0.261 e. The Labute approximate surface area is 202 Å². The first-order valence-corrected chi connectivity index (χ1v) is 12.7. The predicted molar refractivity (Wildman–Crippen MR) is 124 cm³/mol. The molecule has 0 aromatic heterocycles. The first kappa shape index (κ1) is 25.6. The zero-order valence-electron chi connectivity index (χ0n) is 18.5. The molecule has 1 unspecified atom stereocenters. The van der Waals surface area contributed by atoms with Gasteiger partial charge in [-0.25, -0.2) is 12.8 Å². The SMILES string of the molecule is CCCC(=O)N1CCN(C(=O)C(NC(=O)c2cccc(Cl)c2)S(=O)(=O)c2ccc(F)cc2)CC1. The van der Waals surface area contributed by atoms with Crippen LogP contribution in [0.15, 0.2) is 53.4 Å². The van der Waals surface area contributed by atoms with Crippen molar-refractivity contribution in [2.45, 2.75) is 30.0 Å². The third-order valence-electron chi connectivity index (χ3n) is 5.43. The molecule has 182 valence electrons. The van der Waals surface area contributed by atoms with E-state index in [1.165, 1.54) is 23.1 Å². The van der Waals surface area contributed by atoms with Crippen LogP contribution in [0.1, 0.15) is 30.1 Å². The number of benzene rings is 2. The number of nitrogens with zero attached hydrogens (tertiary/aromatic N) is 2. The highest BCUT2D eigenvalue weighted by Gasteiger charge is 2.39. The average Bonchev–Trinajstić information content (AvgIpc) is 2.82. The fourth-order valence-corrected chi connectivity index (χ4v) is 5.23. The lowest BCUT2D eigenvalue weighted by atomic mass is 10.2. The molecule has 1 heterocycles. The minimum absolute atomic E-state index is 0.0284. The largest absolute Gasteiger partial charge is 0.339 e. The van der Waals surface area contributed by atoms with Gasteiger partial charge in [0.1, 0.15) is 5.82 Å². The van der Waals surface area contributed by atoms with E-state index in [4.69, 9.17) is 11.6 Å². The molecular weight excluding hydrogens is 485 g/mol. The number of hydrogen-bond donors (Lipinski definition) is 1. The van der Waals surface area contributed by atoms with Crippen molar-refractivity contribution in [2.75, 3.05) is 26.2 Å². The molecule has 1 atom stereocenters. The topological polar surface area (TPSA) is 104 Å². The van der Waals surface area contributed by atoms with Crippen LogP contribution in [0.4, 0.5) is 4.39 Å². The van der Waals surface area contributed by atoms with E-state index in [1.54, 1.807) is 11.0 Å². The number of hydrogen-bond acceptors (Lipinski definition) is 5. The van der Waals surface area contributed by atoms with Crippen LogP contribution in [0.2, 0.25) is 5.02 Å². The van der Waals surface area contributed by atoms with Gasteiger partial charge in [-0.05, 0) is 48.9 Å². The van der Waals surface area contributed by atoms with Gasteiger partial charge in [-0.15, -0.1) is 0 Å². The van der Waals surface area contributed by atoms with Crippen LogP contribution in [0.3, 0.4) is 0 Å². The Hall–Kier alpha value is -2.98. The Morgan fingerprint density at radius 3 is 2.24 bits per heavy atom. The van der Waals surface area contributed by atoms with Gasteiger partial charge in [0, 0.05) is 43.2 Å². The minimum Gasteiger partial charge on any atom is -0.339 e. The van der Waals surface area contributed by atoms with Crippen molar-refractivity contribution < 1.29 is 27.2 Å². The van der Waals surface area contributed by atoms with Crippen LogP contribution in [0.5, 0.6) is 0 Å². The van der Waals surface area contributed by atoms with E-state index in [9.17, 15) is 27.2 Å². The van der Waals surface area contributed by atoms with Gasteiger partial charge >= 0.3 is 0 Å². The van der Waals surface area contributed by atoms with Crippen LogP contribution >= 0.6 is 11.6 Å². The van der Waals surface area contributed by atoms with Crippen LogP contribution < -0.4 is 5.32 Å². The minimum atomic E-state index is -4.42. The summed E-state index contributed by atoms with van der Waals surface area (Å²) in [5.41, 5.74) is 0.0783. The molecule has 1 fully saturated rings. The molecule has 3 amide bonds. The van der Waals surface area contributed by atoms with E-state index in [1.807, 2.05) is 6.92 Å². The molecule has 1 aliphatic rings. The number of halogens is 2. The number of piperazine rings is 1. The summed E-state index contributed by atoms with van der Waals surface area (Å²) in [7, 11) is -4.42. The summed E-state index contributed by atoms with van der Waals surface area (Å²) < 4.78 is 40.1. The maximum absolute atomic E-state index is 13.4. The Morgan fingerprint density at radius 2 is 1.65 bits per heavy atom. The zero-order valence-corrected chi connectivity index (χ0v) is 20.1. The van der Waals surface area contributed by atoms with Crippen LogP contribution in [-0.2, 0) is 19.4 Å². The molecule has 0 saturated carbocycles. The standard InChI is InChI=1S/C23H25ClFN3O5S/c1-2-4-20(29)27-11-13-28(14-12-27)23(31)22(26-21(30)16-5-3-6-17(24)15-16)34(32,33)19-9-7-18(25)8-10-19/h3,5-10,15,22H,2,4,11-14H2,1H3,(H,26,30). The number of amides is 3. The van der Waals surface area contributed by atoms with Crippen LogP contribution in [-0.4, -0.2) is 67.5 Å². The third-order valence-corrected chi connectivity index (χ3v) is 7.54. The first-order chi connectivity index (χ1) is 16.1. The second-order valence-corrected chi connectivity index (χ2v) is 10.3. The molecule has 1 aliphatic heterocycles. The molecular formula is C23H25ClFN3O5S. The Morgan fingerprint density at radius 1 is 1.03 bits per heavy atom. The van der Waals surface area contributed by atoms with Gasteiger partial charge in [-0.2, -0.15) is 0 Å². The highest BCUT2D eigenvalue weighted by molar-refractivity contribution is 7.92. The van der Waals surface area contributed by atoms with Gasteiger partial charge < -0.3 is 15.1 Å². The molecule has 0 spiro atoms. The third kappa shape index (κ3) is 5.92. The molecule has 1 saturated heterocycles. The van der Waals surface area contributed by atoms with Crippen molar-refractivity contribution in [3.63, 3.8) is 0 Å². The van der Waals surface area contributed by atoms with Crippen LogP contribution in [0, 0.1) is 5.82 Å². The van der Waals surface area contributed by atoms with E-state index < -0.39 is 32.8 Å². The summed E-state index contributed by atoms with van der Waals surface area (Å²) in [5, 5.41) is 0.640. The molecule has 11 heteroatoms. The number of carbonyl (C=O) groups is 3. The van der Waals surface area contributed by atoms with Crippen molar-refractivity contribution in [1.29, 1.82) is 0 Å². The summed E-state index contributed by atoms with van der Waals surface area (Å²) in [6.07, 6.45) is 1.09. The molecule has 1 N–H and O–H groups in total. The summed E-state index contributed by atoms with van der Waals surface area (Å²) in [6.45, 7) is 2.66. The Kier molecular flexibility index (Phi) is 8.27. The zero-order chi connectivity index (χ0) is 24.9. The van der Waals surface area contributed by atoms with E-state index >= 15 is 0 Å².